The molecule has 0 bridgehead atoms. The molecule has 0 saturated carbocycles. The number of imide groups is 1. The van der Waals surface area contributed by atoms with Crippen molar-refractivity contribution in [2.75, 3.05) is 6.61 Å². The van der Waals surface area contributed by atoms with Gasteiger partial charge in [0.1, 0.15) is 25.4 Å². The third-order valence-corrected chi connectivity index (χ3v) is 5.72. The smallest absolute Gasteiger partial charge is 0.463 e. The molecular formula is C26H29NO14. The topological polar surface area (TPSA) is 187 Å². The van der Waals surface area contributed by atoms with Crippen molar-refractivity contribution in [3.05, 3.63) is 35.4 Å². The Bertz CT molecular complexity index is 1280. The SMILES string of the molecule is [2H]CC(=O)OC[C@H]1OC(c2ccccc2COC(=O)ON2C(=O)CCC2=O)[C@H](OC(=O)C[2H])[C@@H](OC(=O)C[2H])[C@H]1OC(=O)C[2H]. The molecule has 3 rings (SSSR count). The van der Waals surface area contributed by atoms with E-state index in [0.29, 0.717) is 0 Å². The van der Waals surface area contributed by atoms with Gasteiger partial charge in [-0.15, -0.1) is 0 Å². The number of hydrogen-bond acceptors (Lipinski definition) is 14. The first kappa shape index (κ1) is 25.4. The van der Waals surface area contributed by atoms with Crippen LogP contribution in [0, 0.1) is 0 Å². The molecule has 15 nitrogen and oxygen atoms in total. The van der Waals surface area contributed by atoms with E-state index in [9.17, 15) is 33.6 Å². The molecule has 0 aromatic heterocycles. The molecule has 2 aliphatic heterocycles. The summed E-state index contributed by atoms with van der Waals surface area (Å²) < 4.78 is 61.6. The Hall–Kier alpha value is -4.53. The van der Waals surface area contributed by atoms with E-state index in [1.807, 2.05) is 0 Å². The van der Waals surface area contributed by atoms with Crippen LogP contribution in [0.25, 0.3) is 0 Å². The molecule has 2 aliphatic rings. The van der Waals surface area contributed by atoms with E-state index >= 15 is 0 Å². The largest absolute Gasteiger partial charge is 0.534 e. The average Bonchev–Trinajstić information content (AvgIpc) is 3.36. The summed E-state index contributed by atoms with van der Waals surface area (Å²) in [5.74, 6) is -5.87. The number of ether oxygens (including phenoxy) is 6. The molecule has 0 radical (unpaired) electrons. The van der Waals surface area contributed by atoms with E-state index in [-0.39, 0.29) is 29.0 Å². The fourth-order valence-corrected chi connectivity index (χ4v) is 4.17. The first-order valence-electron chi connectivity index (χ1n) is 14.7. The van der Waals surface area contributed by atoms with E-state index in [1.54, 1.807) is 0 Å². The van der Waals surface area contributed by atoms with Crippen molar-refractivity contribution < 1.29 is 72.3 Å². The number of hydroxylamine groups is 2. The third-order valence-electron chi connectivity index (χ3n) is 5.72. The van der Waals surface area contributed by atoms with Crippen LogP contribution in [0.2, 0.25) is 0 Å². The lowest BCUT2D eigenvalue weighted by molar-refractivity contribution is -0.254. The number of benzene rings is 1. The molecule has 0 spiro atoms. The van der Waals surface area contributed by atoms with Gasteiger partial charge in [0.05, 0.1) is 0 Å². The standard InChI is InChI=1S/C26H29NO14/c1-13(28)35-12-19-23(37-14(2)29)25(39-16(4)31)24(38-15(3)30)22(40-19)18-8-6-5-7-17(18)11-36-26(34)41-27-20(32)9-10-21(27)33/h5-8,19,22-25H,9-12H2,1-4H3/t19-,22?,23+,24+,25+/m1/s1/i1D,2D,3D,4D. The van der Waals surface area contributed by atoms with Gasteiger partial charge in [-0.25, -0.2) is 4.79 Å². The van der Waals surface area contributed by atoms with Crippen LogP contribution in [0.15, 0.2) is 24.3 Å². The Morgan fingerprint density at radius 1 is 0.829 bits per heavy atom. The lowest BCUT2D eigenvalue weighted by atomic mass is 9.88. The number of carbonyl (C=O) groups is 7. The second-order valence-corrected chi connectivity index (χ2v) is 8.55. The minimum Gasteiger partial charge on any atom is -0.463 e. The summed E-state index contributed by atoms with van der Waals surface area (Å²) >= 11 is 0. The molecule has 2 heterocycles. The van der Waals surface area contributed by atoms with Gasteiger partial charge in [0.2, 0.25) is 0 Å². The van der Waals surface area contributed by atoms with Gasteiger partial charge in [0, 0.05) is 45.9 Å². The van der Waals surface area contributed by atoms with Crippen LogP contribution in [0.4, 0.5) is 4.79 Å². The Balaban J connectivity index is 2.01. The molecule has 0 aliphatic carbocycles. The fraction of sp³-hybridized carbons (Fsp3) is 0.500. The van der Waals surface area contributed by atoms with Gasteiger partial charge in [-0.2, -0.15) is 0 Å². The van der Waals surface area contributed by atoms with E-state index in [4.69, 9.17) is 38.7 Å². The zero-order valence-corrected chi connectivity index (χ0v) is 21.5. The van der Waals surface area contributed by atoms with Crippen molar-refractivity contribution in [3.63, 3.8) is 0 Å². The summed E-state index contributed by atoms with van der Waals surface area (Å²) in [4.78, 5) is 89.2. The fourth-order valence-electron chi connectivity index (χ4n) is 4.17. The Morgan fingerprint density at radius 3 is 2.05 bits per heavy atom. The molecular weight excluding hydrogens is 550 g/mol. The summed E-state index contributed by atoms with van der Waals surface area (Å²) in [5, 5.41) is 0.279. The molecule has 1 aromatic carbocycles. The number of nitrogens with zero attached hydrogens (tertiary/aromatic N) is 1. The summed E-state index contributed by atoms with van der Waals surface area (Å²) in [6.45, 7) is -4.69. The molecule has 222 valence electrons. The quantitative estimate of drug-likeness (QED) is 0.229. The van der Waals surface area contributed by atoms with Gasteiger partial charge in [-0.1, -0.05) is 29.3 Å². The lowest BCUT2D eigenvalue weighted by Gasteiger charge is -2.45. The second-order valence-electron chi connectivity index (χ2n) is 8.55. The highest BCUT2D eigenvalue weighted by atomic mass is 16.8. The summed E-state index contributed by atoms with van der Waals surface area (Å²) in [6, 6.07) is 5.93. The highest BCUT2D eigenvalue weighted by molar-refractivity contribution is 6.01. The highest BCUT2D eigenvalue weighted by Gasteiger charge is 2.53. The maximum Gasteiger partial charge on any atom is 0.534 e. The number of carbonyl (C=O) groups excluding carboxylic acids is 7. The maximum absolute atomic E-state index is 12.4. The van der Waals surface area contributed by atoms with Crippen molar-refractivity contribution in [2.45, 2.75) is 77.6 Å². The van der Waals surface area contributed by atoms with E-state index in [2.05, 4.69) is 0 Å². The molecule has 15 heteroatoms. The van der Waals surface area contributed by atoms with E-state index < -0.39 is 113 Å². The van der Waals surface area contributed by atoms with Gasteiger partial charge in [-0.3, -0.25) is 33.6 Å². The van der Waals surface area contributed by atoms with Crippen LogP contribution in [0.1, 0.15) is 63.2 Å². The minimum absolute atomic E-state index is 0.135. The van der Waals surface area contributed by atoms with Gasteiger partial charge < -0.3 is 28.4 Å². The molecule has 41 heavy (non-hydrogen) atoms. The van der Waals surface area contributed by atoms with Crippen molar-refractivity contribution in [2.24, 2.45) is 0 Å². The molecule has 2 amide bonds. The van der Waals surface area contributed by atoms with Crippen LogP contribution >= 0.6 is 0 Å². The average molecular weight is 584 g/mol. The highest BCUT2D eigenvalue weighted by Crippen LogP contribution is 2.39. The summed E-state index contributed by atoms with van der Waals surface area (Å²) in [6.07, 6.45) is -9.65. The van der Waals surface area contributed by atoms with Crippen molar-refractivity contribution in [1.29, 1.82) is 0 Å². The van der Waals surface area contributed by atoms with E-state index in [0.717, 1.165) is 0 Å². The van der Waals surface area contributed by atoms with Gasteiger partial charge in [-0.05, 0) is 11.1 Å². The first-order chi connectivity index (χ1) is 21.5. The number of amides is 2. The number of hydrogen-bond donors (Lipinski definition) is 0. The lowest BCUT2D eigenvalue weighted by Crippen LogP contribution is -2.59. The Kier molecular flexibility index (Phi) is 8.50. The van der Waals surface area contributed by atoms with Crippen molar-refractivity contribution >= 4 is 41.8 Å². The zero-order chi connectivity index (χ0) is 33.1. The monoisotopic (exact) mass is 583 g/mol. The number of rotatable bonds is 9. The molecule has 2 saturated heterocycles. The Morgan fingerprint density at radius 2 is 1.41 bits per heavy atom. The Labute approximate surface area is 239 Å². The van der Waals surface area contributed by atoms with Gasteiger partial charge in [0.25, 0.3) is 11.8 Å². The van der Waals surface area contributed by atoms with Gasteiger partial charge >= 0.3 is 30.0 Å². The second kappa shape index (κ2) is 13.7. The predicted octanol–water partition coefficient (Wildman–Crippen LogP) is 1.20. The van der Waals surface area contributed by atoms with E-state index in [1.165, 1.54) is 24.3 Å². The minimum atomic E-state index is -1.72. The molecule has 1 aromatic rings. The third kappa shape index (κ3) is 8.23. The van der Waals surface area contributed by atoms with Gasteiger partial charge in [0.15, 0.2) is 18.3 Å². The molecule has 5 atom stereocenters. The predicted molar refractivity (Wildman–Crippen MR) is 130 cm³/mol. The molecule has 2 fully saturated rings. The van der Waals surface area contributed by atoms with Crippen molar-refractivity contribution in [1.82, 2.24) is 5.06 Å². The molecule has 1 unspecified atom stereocenters. The maximum atomic E-state index is 12.4. The van der Waals surface area contributed by atoms with Crippen LogP contribution < -0.4 is 0 Å². The van der Waals surface area contributed by atoms with Crippen LogP contribution in [-0.4, -0.2) is 77.9 Å². The zero-order valence-electron chi connectivity index (χ0n) is 25.5. The van der Waals surface area contributed by atoms with Crippen LogP contribution in [0.5, 0.6) is 0 Å². The summed E-state index contributed by atoms with van der Waals surface area (Å²) in [7, 11) is 0. The van der Waals surface area contributed by atoms with Crippen molar-refractivity contribution in [3.8, 4) is 0 Å². The normalized spacial score (nSPS) is 25.1. The van der Waals surface area contributed by atoms with Crippen LogP contribution in [0.3, 0.4) is 0 Å². The summed E-state index contributed by atoms with van der Waals surface area (Å²) in [5.41, 5.74) is 0.315. The van der Waals surface area contributed by atoms with Crippen LogP contribution in [-0.2, 0) is 68.6 Å². The first-order valence-corrected chi connectivity index (χ1v) is 11.9. The number of esters is 4. The molecule has 0 N–H and O–H groups in total.